The molecule has 2 amide bonds. The van der Waals surface area contributed by atoms with Crippen LogP contribution in [0.1, 0.15) is 25.7 Å². The highest BCUT2D eigenvalue weighted by atomic mass is 16.5. The molecule has 0 spiro atoms. The second kappa shape index (κ2) is 5.34. The van der Waals surface area contributed by atoms with E-state index in [0.29, 0.717) is 6.54 Å². The summed E-state index contributed by atoms with van der Waals surface area (Å²) in [6.07, 6.45) is 2.18. The minimum absolute atomic E-state index is 0.0583. The van der Waals surface area contributed by atoms with Crippen LogP contribution in [0.25, 0.3) is 0 Å². The molecule has 0 bridgehead atoms. The number of likely N-dealkylation sites (tertiary alicyclic amines) is 1. The van der Waals surface area contributed by atoms with Gasteiger partial charge in [-0.2, -0.15) is 0 Å². The Morgan fingerprint density at radius 2 is 2.16 bits per heavy atom. The first-order valence-corrected chi connectivity index (χ1v) is 6.48. The third kappa shape index (κ3) is 2.82. The summed E-state index contributed by atoms with van der Waals surface area (Å²) in [6, 6.07) is -1.40. The number of aliphatic carboxylic acids is 1. The van der Waals surface area contributed by atoms with Gasteiger partial charge in [-0.15, -0.1) is 0 Å². The van der Waals surface area contributed by atoms with Crippen LogP contribution in [0.3, 0.4) is 0 Å². The molecule has 2 atom stereocenters. The number of aliphatic hydroxyl groups is 1. The molecule has 1 aliphatic heterocycles. The number of β-amino-alcohol motifs (C(OH)–C–C–N with tert-alkyl or cyclic N) is 1. The maximum absolute atomic E-state index is 12.0. The van der Waals surface area contributed by atoms with Gasteiger partial charge in [0.1, 0.15) is 6.04 Å². The number of nitrogens with zero attached hydrogens (tertiary/aromatic N) is 1. The Morgan fingerprint density at radius 3 is 2.63 bits per heavy atom. The predicted octanol–water partition coefficient (Wildman–Crippen LogP) is -0.215. The normalized spacial score (nSPS) is 28.8. The zero-order valence-corrected chi connectivity index (χ0v) is 11.0. The molecule has 19 heavy (non-hydrogen) atoms. The third-order valence-electron chi connectivity index (χ3n) is 4.08. The Balaban J connectivity index is 1.90. The van der Waals surface area contributed by atoms with Gasteiger partial charge in [-0.3, -0.25) is 0 Å². The molecule has 2 rings (SSSR count). The van der Waals surface area contributed by atoms with Crippen LogP contribution in [-0.4, -0.2) is 65.1 Å². The second-order valence-corrected chi connectivity index (χ2v) is 5.30. The highest BCUT2D eigenvalue weighted by Gasteiger charge is 2.41. The largest absolute Gasteiger partial charge is 0.480 e. The number of ether oxygens (including phenoxy) is 1. The topological polar surface area (TPSA) is 99.1 Å². The smallest absolute Gasteiger partial charge is 0.326 e. The van der Waals surface area contributed by atoms with Gasteiger partial charge in [0.25, 0.3) is 0 Å². The molecule has 0 unspecified atom stereocenters. The molecular formula is C12H20N2O5. The van der Waals surface area contributed by atoms with Crippen LogP contribution in [0.15, 0.2) is 0 Å². The lowest BCUT2D eigenvalue weighted by atomic mass is 9.80. The summed E-state index contributed by atoms with van der Waals surface area (Å²) in [5.74, 6) is -1.09. The minimum atomic E-state index is -1.09. The van der Waals surface area contributed by atoms with Crippen LogP contribution in [0.4, 0.5) is 4.79 Å². The number of carboxylic acid groups (broad SMARTS) is 1. The Bertz CT molecular complexity index is 364. The molecule has 0 aromatic rings. The molecule has 0 radical (unpaired) electrons. The number of amides is 2. The zero-order valence-electron chi connectivity index (χ0n) is 11.0. The van der Waals surface area contributed by atoms with Gasteiger partial charge in [0, 0.05) is 26.6 Å². The van der Waals surface area contributed by atoms with Crippen molar-refractivity contribution in [2.45, 2.75) is 43.4 Å². The van der Waals surface area contributed by atoms with Crippen molar-refractivity contribution in [3.63, 3.8) is 0 Å². The molecule has 2 aliphatic rings. The van der Waals surface area contributed by atoms with Crippen molar-refractivity contribution in [1.29, 1.82) is 0 Å². The molecule has 108 valence electrons. The quantitative estimate of drug-likeness (QED) is 0.657. The van der Waals surface area contributed by atoms with Crippen LogP contribution in [0.5, 0.6) is 0 Å². The number of hydrogen-bond donors (Lipinski definition) is 3. The number of hydrogen-bond acceptors (Lipinski definition) is 4. The molecule has 7 nitrogen and oxygen atoms in total. The number of carbonyl (C=O) groups is 2. The summed E-state index contributed by atoms with van der Waals surface area (Å²) in [5, 5.41) is 21.2. The van der Waals surface area contributed by atoms with Gasteiger partial charge in [-0.05, 0) is 19.3 Å². The van der Waals surface area contributed by atoms with Gasteiger partial charge in [-0.1, -0.05) is 0 Å². The monoisotopic (exact) mass is 272 g/mol. The van der Waals surface area contributed by atoms with Gasteiger partial charge in [0.05, 0.1) is 11.7 Å². The van der Waals surface area contributed by atoms with Gasteiger partial charge in [0.2, 0.25) is 0 Å². The summed E-state index contributed by atoms with van der Waals surface area (Å²) < 4.78 is 5.38. The Labute approximate surface area is 111 Å². The molecule has 0 aromatic carbocycles. The number of methoxy groups -OCH3 is 1. The molecule has 1 heterocycles. The van der Waals surface area contributed by atoms with E-state index in [9.17, 15) is 14.7 Å². The summed E-state index contributed by atoms with van der Waals surface area (Å²) in [5.41, 5.74) is -0.299. The summed E-state index contributed by atoms with van der Waals surface area (Å²) in [7, 11) is 1.62. The van der Waals surface area contributed by atoms with E-state index in [4.69, 9.17) is 9.84 Å². The SMILES string of the molecule is COC1(CNC(=O)N2C[C@@H](O)C[C@H]2C(=O)O)CCC1. The maximum atomic E-state index is 12.0. The summed E-state index contributed by atoms with van der Waals surface area (Å²) in [6.45, 7) is 0.435. The fourth-order valence-corrected chi connectivity index (χ4v) is 2.63. The Kier molecular flexibility index (Phi) is 3.96. The van der Waals surface area contributed by atoms with Crippen molar-refractivity contribution >= 4 is 12.0 Å². The van der Waals surface area contributed by atoms with Crippen LogP contribution >= 0.6 is 0 Å². The number of aliphatic hydroxyl groups excluding tert-OH is 1. The first-order valence-electron chi connectivity index (χ1n) is 6.48. The lowest BCUT2D eigenvalue weighted by Crippen LogP contribution is -2.53. The zero-order chi connectivity index (χ0) is 14.0. The van der Waals surface area contributed by atoms with E-state index in [1.54, 1.807) is 7.11 Å². The Hall–Kier alpha value is -1.34. The van der Waals surface area contributed by atoms with E-state index >= 15 is 0 Å². The fraction of sp³-hybridized carbons (Fsp3) is 0.833. The second-order valence-electron chi connectivity index (χ2n) is 5.30. The van der Waals surface area contributed by atoms with Crippen molar-refractivity contribution in [2.24, 2.45) is 0 Å². The average molecular weight is 272 g/mol. The number of rotatable bonds is 4. The molecular weight excluding hydrogens is 252 g/mol. The van der Waals surface area contributed by atoms with Crippen LogP contribution in [0.2, 0.25) is 0 Å². The van der Waals surface area contributed by atoms with E-state index in [2.05, 4.69) is 5.32 Å². The lowest BCUT2D eigenvalue weighted by molar-refractivity contribution is -0.141. The van der Waals surface area contributed by atoms with Crippen molar-refractivity contribution in [3.8, 4) is 0 Å². The number of nitrogens with one attached hydrogen (secondary N) is 1. The standard InChI is InChI=1S/C12H20N2O5/c1-19-12(3-2-4-12)7-13-11(18)14-6-8(15)5-9(14)10(16)17/h8-9,15H,2-7H2,1H3,(H,13,18)(H,16,17)/t8-,9-/m0/s1. The number of urea groups is 1. The van der Waals surface area contributed by atoms with E-state index in [0.717, 1.165) is 19.3 Å². The Morgan fingerprint density at radius 1 is 1.47 bits per heavy atom. The molecule has 1 saturated carbocycles. The summed E-state index contributed by atoms with van der Waals surface area (Å²) in [4.78, 5) is 24.2. The van der Waals surface area contributed by atoms with Crippen LogP contribution in [0, 0.1) is 0 Å². The molecule has 7 heteroatoms. The highest BCUT2D eigenvalue weighted by Crippen LogP contribution is 2.34. The van der Waals surface area contributed by atoms with Gasteiger partial charge < -0.3 is 25.2 Å². The van der Waals surface area contributed by atoms with Crippen molar-refractivity contribution in [2.75, 3.05) is 20.2 Å². The molecule has 3 N–H and O–H groups in total. The summed E-state index contributed by atoms with van der Waals surface area (Å²) >= 11 is 0. The molecule has 1 aliphatic carbocycles. The minimum Gasteiger partial charge on any atom is -0.480 e. The van der Waals surface area contributed by atoms with Crippen molar-refractivity contribution in [1.82, 2.24) is 10.2 Å². The fourth-order valence-electron chi connectivity index (χ4n) is 2.63. The van der Waals surface area contributed by atoms with Gasteiger partial charge in [-0.25, -0.2) is 9.59 Å². The average Bonchev–Trinajstić information content (AvgIpc) is 2.70. The van der Waals surface area contributed by atoms with Crippen molar-refractivity contribution < 1.29 is 24.5 Å². The highest BCUT2D eigenvalue weighted by molar-refractivity contribution is 5.83. The number of carbonyl (C=O) groups excluding carboxylic acids is 1. The number of carboxylic acids is 1. The molecule has 2 fully saturated rings. The lowest BCUT2D eigenvalue weighted by Gasteiger charge is -2.40. The van der Waals surface area contributed by atoms with Crippen LogP contribution < -0.4 is 5.32 Å². The van der Waals surface area contributed by atoms with E-state index in [1.807, 2.05) is 0 Å². The van der Waals surface area contributed by atoms with Gasteiger partial charge >= 0.3 is 12.0 Å². The van der Waals surface area contributed by atoms with E-state index < -0.39 is 24.1 Å². The van der Waals surface area contributed by atoms with E-state index in [1.165, 1.54) is 4.90 Å². The van der Waals surface area contributed by atoms with Gasteiger partial charge in [0.15, 0.2) is 0 Å². The first kappa shape index (κ1) is 14.1. The van der Waals surface area contributed by atoms with Crippen molar-refractivity contribution in [3.05, 3.63) is 0 Å². The van der Waals surface area contributed by atoms with Crippen LogP contribution in [-0.2, 0) is 9.53 Å². The molecule has 0 aromatic heterocycles. The predicted molar refractivity (Wildman–Crippen MR) is 65.7 cm³/mol. The third-order valence-corrected chi connectivity index (χ3v) is 4.08. The first-order chi connectivity index (χ1) is 8.97. The maximum Gasteiger partial charge on any atom is 0.326 e. The molecule has 1 saturated heterocycles. The van der Waals surface area contributed by atoms with E-state index in [-0.39, 0.29) is 18.6 Å².